The summed E-state index contributed by atoms with van der Waals surface area (Å²) in [5.41, 5.74) is 9.50. The molecule has 1 aromatic heterocycles. The van der Waals surface area contributed by atoms with Crippen LogP contribution in [0.25, 0.3) is 11.0 Å². The van der Waals surface area contributed by atoms with Gasteiger partial charge in [0.05, 0.1) is 17.6 Å². The second-order valence-corrected chi connectivity index (χ2v) is 6.31. The van der Waals surface area contributed by atoms with Crippen LogP contribution < -0.4 is 5.73 Å². The molecule has 3 rings (SSSR count). The Hall–Kier alpha value is -1.39. The van der Waals surface area contributed by atoms with Crippen LogP contribution in [0.2, 0.25) is 0 Å². The third-order valence-electron chi connectivity index (χ3n) is 4.51. The molecule has 1 aliphatic heterocycles. The average Bonchev–Trinajstić information content (AvgIpc) is 2.84. The van der Waals surface area contributed by atoms with Gasteiger partial charge < -0.3 is 10.3 Å². The summed E-state index contributed by atoms with van der Waals surface area (Å²) in [6.07, 6.45) is 3.99. The first-order valence-electron chi connectivity index (χ1n) is 8.09. The van der Waals surface area contributed by atoms with Crippen LogP contribution in [-0.2, 0) is 6.54 Å². The zero-order valence-corrected chi connectivity index (χ0v) is 13.2. The maximum Gasteiger partial charge on any atom is 0.124 e. The van der Waals surface area contributed by atoms with Gasteiger partial charge in [0.25, 0.3) is 0 Å². The molecule has 0 bridgehead atoms. The molecule has 1 saturated heterocycles. The van der Waals surface area contributed by atoms with Crippen LogP contribution in [-0.4, -0.2) is 34.1 Å². The van der Waals surface area contributed by atoms with Gasteiger partial charge in [-0.05, 0) is 57.5 Å². The van der Waals surface area contributed by atoms with Gasteiger partial charge in [0, 0.05) is 12.6 Å². The minimum atomic E-state index is 0.289. The number of aryl methyl sites for hydroxylation is 1. The van der Waals surface area contributed by atoms with Crippen LogP contribution in [0, 0.1) is 6.92 Å². The van der Waals surface area contributed by atoms with Crippen molar-refractivity contribution in [3.05, 3.63) is 29.6 Å². The zero-order valence-electron chi connectivity index (χ0n) is 13.2. The number of imidazole rings is 1. The number of likely N-dealkylation sites (tertiary alicyclic amines) is 1. The lowest BCUT2D eigenvalue weighted by molar-refractivity contribution is 0.212. The van der Waals surface area contributed by atoms with Gasteiger partial charge in [0.15, 0.2) is 0 Å². The Kier molecular flexibility index (Phi) is 4.27. The standard InChI is InChI=1S/C17H26N4/c1-13-6-7-16-15(10-13)19-17(21(16)14(2)11-18)12-20-8-4-3-5-9-20/h6-7,10,14H,3-5,8-9,11-12,18H2,1-2H3. The molecule has 1 atom stereocenters. The Balaban J connectivity index is 1.98. The molecule has 0 radical (unpaired) electrons. The molecule has 4 heteroatoms. The highest BCUT2D eigenvalue weighted by molar-refractivity contribution is 5.77. The summed E-state index contributed by atoms with van der Waals surface area (Å²) in [4.78, 5) is 7.43. The molecule has 1 unspecified atom stereocenters. The Bertz CT molecular complexity index is 611. The fraction of sp³-hybridized carbons (Fsp3) is 0.588. The van der Waals surface area contributed by atoms with Gasteiger partial charge in [-0.1, -0.05) is 12.5 Å². The third kappa shape index (κ3) is 2.97. The van der Waals surface area contributed by atoms with Crippen molar-refractivity contribution in [2.45, 2.75) is 45.7 Å². The minimum Gasteiger partial charge on any atom is -0.328 e. The smallest absolute Gasteiger partial charge is 0.124 e. The largest absolute Gasteiger partial charge is 0.328 e. The first-order valence-corrected chi connectivity index (χ1v) is 8.09. The molecular weight excluding hydrogens is 260 g/mol. The fourth-order valence-electron chi connectivity index (χ4n) is 3.28. The second kappa shape index (κ2) is 6.16. The van der Waals surface area contributed by atoms with E-state index in [-0.39, 0.29) is 6.04 Å². The van der Waals surface area contributed by atoms with Crippen molar-refractivity contribution in [2.75, 3.05) is 19.6 Å². The van der Waals surface area contributed by atoms with Crippen molar-refractivity contribution < 1.29 is 0 Å². The molecule has 0 amide bonds. The number of piperidine rings is 1. The van der Waals surface area contributed by atoms with Crippen molar-refractivity contribution in [3.63, 3.8) is 0 Å². The molecular formula is C17H26N4. The van der Waals surface area contributed by atoms with Gasteiger partial charge in [-0.15, -0.1) is 0 Å². The molecule has 0 saturated carbocycles. The Labute approximate surface area is 126 Å². The maximum absolute atomic E-state index is 5.92. The number of hydrogen-bond donors (Lipinski definition) is 1. The number of fused-ring (bicyclic) bond motifs is 1. The molecule has 1 aromatic carbocycles. The molecule has 0 spiro atoms. The molecule has 0 aliphatic carbocycles. The summed E-state index contributed by atoms with van der Waals surface area (Å²) in [5, 5.41) is 0. The van der Waals surface area contributed by atoms with Crippen molar-refractivity contribution in [3.8, 4) is 0 Å². The van der Waals surface area contributed by atoms with Gasteiger partial charge >= 0.3 is 0 Å². The van der Waals surface area contributed by atoms with Gasteiger partial charge in [0.1, 0.15) is 5.82 Å². The fourth-order valence-corrected chi connectivity index (χ4v) is 3.28. The molecule has 21 heavy (non-hydrogen) atoms. The number of rotatable bonds is 4. The van der Waals surface area contributed by atoms with E-state index < -0.39 is 0 Å². The lowest BCUT2D eigenvalue weighted by atomic mass is 10.1. The van der Waals surface area contributed by atoms with Crippen LogP contribution in [0.3, 0.4) is 0 Å². The van der Waals surface area contributed by atoms with Crippen molar-refractivity contribution >= 4 is 11.0 Å². The van der Waals surface area contributed by atoms with E-state index in [9.17, 15) is 0 Å². The van der Waals surface area contributed by atoms with Gasteiger partial charge in [-0.25, -0.2) is 4.98 Å². The van der Waals surface area contributed by atoms with E-state index in [1.54, 1.807) is 0 Å². The van der Waals surface area contributed by atoms with E-state index in [2.05, 4.69) is 41.5 Å². The van der Waals surface area contributed by atoms with Crippen LogP contribution in [0.1, 0.15) is 43.6 Å². The molecule has 2 aromatic rings. The summed E-state index contributed by atoms with van der Waals surface area (Å²) < 4.78 is 2.34. The van der Waals surface area contributed by atoms with E-state index in [1.807, 2.05) is 0 Å². The second-order valence-electron chi connectivity index (χ2n) is 6.31. The summed E-state index contributed by atoms with van der Waals surface area (Å²) in [7, 11) is 0. The molecule has 4 nitrogen and oxygen atoms in total. The number of nitrogens with two attached hydrogens (primary N) is 1. The maximum atomic E-state index is 5.92. The van der Waals surface area contributed by atoms with Crippen molar-refractivity contribution in [1.29, 1.82) is 0 Å². The van der Waals surface area contributed by atoms with Crippen molar-refractivity contribution in [1.82, 2.24) is 14.5 Å². The lowest BCUT2D eigenvalue weighted by Crippen LogP contribution is -2.31. The number of hydrogen-bond acceptors (Lipinski definition) is 3. The van der Waals surface area contributed by atoms with Crippen LogP contribution in [0.5, 0.6) is 0 Å². The van der Waals surface area contributed by atoms with Crippen LogP contribution >= 0.6 is 0 Å². The predicted molar refractivity (Wildman–Crippen MR) is 87.4 cm³/mol. The molecule has 1 fully saturated rings. The van der Waals surface area contributed by atoms with E-state index in [0.717, 1.165) is 17.9 Å². The van der Waals surface area contributed by atoms with Gasteiger partial charge in [0.2, 0.25) is 0 Å². The third-order valence-corrected chi connectivity index (χ3v) is 4.51. The number of nitrogens with zero attached hydrogens (tertiary/aromatic N) is 3. The van der Waals surface area contributed by atoms with Gasteiger partial charge in [-0.3, -0.25) is 4.90 Å². The van der Waals surface area contributed by atoms with Crippen molar-refractivity contribution in [2.24, 2.45) is 5.73 Å². The monoisotopic (exact) mass is 286 g/mol. The molecule has 2 N–H and O–H groups in total. The highest BCUT2D eigenvalue weighted by atomic mass is 15.2. The predicted octanol–water partition coefficient (Wildman–Crippen LogP) is 2.85. The SMILES string of the molecule is Cc1ccc2c(c1)nc(CN1CCCCC1)n2C(C)CN. The first kappa shape index (κ1) is 14.5. The summed E-state index contributed by atoms with van der Waals surface area (Å²) in [6, 6.07) is 6.81. The molecule has 114 valence electrons. The van der Waals surface area contributed by atoms with Crippen LogP contribution in [0.4, 0.5) is 0 Å². The lowest BCUT2D eigenvalue weighted by Gasteiger charge is -2.27. The number of benzene rings is 1. The summed E-state index contributed by atoms with van der Waals surface area (Å²) in [5.74, 6) is 1.16. The topological polar surface area (TPSA) is 47.1 Å². The van der Waals surface area contributed by atoms with Gasteiger partial charge in [-0.2, -0.15) is 0 Å². The minimum absolute atomic E-state index is 0.289. The quantitative estimate of drug-likeness (QED) is 0.940. The Morgan fingerprint density at radius 3 is 2.71 bits per heavy atom. The number of aromatic nitrogens is 2. The highest BCUT2D eigenvalue weighted by Gasteiger charge is 2.18. The van der Waals surface area contributed by atoms with E-state index in [0.29, 0.717) is 6.54 Å². The van der Waals surface area contributed by atoms with E-state index in [4.69, 9.17) is 10.7 Å². The first-order chi connectivity index (χ1) is 10.2. The summed E-state index contributed by atoms with van der Waals surface area (Å²) >= 11 is 0. The Morgan fingerprint density at radius 1 is 1.24 bits per heavy atom. The molecule has 2 heterocycles. The normalized spacial score (nSPS) is 18.2. The zero-order chi connectivity index (χ0) is 14.8. The van der Waals surface area contributed by atoms with E-state index >= 15 is 0 Å². The van der Waals surface area contributed by atoms with E-state index in [1.165, 1.54) is 43.4 Å². The Morgan fingerprint density at radius 2 is 2.00 bits per heavy atom. The van der Waals surface area contributed by atoms with Crippen LogP contribution in [0.15, 0.2) is 18.2 Å². The summed E-state index contributed by atoms with van der Waals surface area (Å²) in [6.45, 7) is 8.28. The average molecular weight is 286 g/mol. The molecule has 1 aliphatic rings. The highest BCUT2D eigenvalue weighted by Crippen LogP contribution is 2.23.